The second-order valence-corrected chi connectivity index (χ2v) is 4.86. The summed E-state index contributed by atoms with van der Waals surface area (Å²) in [5.41, 5.74) is 3.40. The zero-order valence-electron chi connectivity index (χ0n) is 9.26. The molecule has 1 saturated carbocycles. The molecular formula is C13H22O. The fraction of sp³-hybridized carbons (Fsp3) is 0.846. The van der Waals surface area contributed by atoms with E-state index in [4.69, 9.17) is 0 Å². The highest BCUT2D eigenvalue weighted by Gasteiger charge is 2.34. The number of hydrogen-bond donors (Lipinski definition) is 1. The first-order valence-electron chi connectivity index (χ1n) is 6.19. The molecule has 0 aliphatic heterocycles. The average molecular weight is 194 g/mol. The van der Waals surface area contributed by atoms with Crippen molar-refractivity contribution in [3.63, 3.8) is 0 Å². The maximum Gasteiger partial charge on any atom is 0.0496 e. The molecule has 1 fully saturated rings. The van der Waals surface area contributed by atoms with E-state index in [0.29, 0.717) is 12.5 Å². The summed E-state index contributed by atoms with van der Waals surface area (Å²) in [5.74, 6) is 1.39. The van der Waals surface area contributed by atoms with E-state index < -0.39 is 0 Å². The van der Waals surface area contributed by atoms with Gasteiger partial charge >= 0.3 is 0 Å². The summed E-state index contributed by atoms with van der Waals surface area (Å²) in [6, 6.07) is 0. The zero-order valence-corrected chi connectivity index (χ0v) is 9.26. The molecule has 0 radical (unpaired) electrons. The maximum atomic E-state index is 9.36. The maximum absolute atomic E-state index is 9.36. The van der Waals surface area contributed by atoms with E-state index in [1.165, 1.54) is 44.9 Å². The molecule has 0 saturated heterocycles. The number of aliphatic hydroxyl groups is 1. The second-order valence-electron chi connectivity index (χ2n) is 4.86. The van der Waals surface area contributed by atoms with Crippen LogP contribution in [0.2, 0.25) is 0 Å². The molecule has 14 heavy (non-hydrogen) atoms. The Kier molecular flexibility index (Phi) is 3.27. The Morgan fingerprint density at radius 3 is 3.00 bits per heavy atom. The van der Waals surface area contributed by atoms with E-state index in [1.54, 1.807) is 11.1 Å². The Bertz CT molecular complexity index is 229. The first kappa shape index (κ1) is 10.2. The molecule has 0 aromatic rings. The van der Waals surface area contributed by atoms with Crippen molar-refractivity contribution in [1.82, 2.24) is 0 Å². The van der Waals surface area contributed by atoms with Crippen LogP contribution in [0.25, 0.3) is 0 Å². The van der Waals surface area contributed by atoms with Gasteiger partial charge in [0.25, 0.3) is 0 Å². The van der Waals surface area contributed by atoms with Crippen molar-refractivity contribution in [1.29, 1.82) is 0 Å². The highest BCUT2D eigenvalue weighted by atomic mass is 16.3. The lowest BCUT2D eigenvalue weighted by Gasteiger charge is -2.13. The summed E-state index contributed by atoms with van der Waals surface area (Å²) < 4.78 is 0. The van der Waals surface area contributed by atoms with Crippen molar-refractivity contribution in [3.05, 3.63) is 11.1 Å². The number of rotatable bonds is 4. The largest absolute Gasteiger partial charge is 0.396 e. The number of hydrogen-bond acceptors (Lipinski definition) is 1. The minimum atomic E-state index is 0.388. The van der Waals surface area contributed by atoms with Crippen molar-refractivity contribution in [2.75, 3.05) is 6.61 Å². The van der Waals surface area contributed by atoms with Crippen LogP contribution in [0, 0.1) is 11.8 Å². The first-order valence-corrected chi connectivity index (χ1v) is 6.19. The van der Waals surface area contributed by atoms with Crippen LogP contribution in [0.4, 0.5) is 0 Å². The summed E-state index contributed by atoms with van der Waals surface area (Å²) >= 11 is 0. The van der Waals surface area contributed by atoms with Gasteiger partial charge in [-0.25, -0.2) is 0 Å². The number of allylic oxidation sites excluding steroid dienone is 1. The van der Waals surface area contributed by atoms with Gasteiger partial charge in [0.2, 0.25) is 0 Å². The summed E-state index contributed by atoms with van der Waals surface area (Å²) in [5, 5.41) is 9.36. The molecule has 1 N–H and O–H groups in total. The minimum absolute atomic E-state index is 0.388. The predicted molar refractivity (Wildman–Crippen MR) is 59.1 cm³/mol. The Balaban J connectivity index is 2.09. The van der Waals surface area contributed by atoms with Crippen LogP contribution in [0.15, 0.2) is 11.1 Å². The normalized spacial score (nSPS) is 31.3. The lowest BCUT2D eigenvalue weighted by molar-refractivity contribution is 0.235. The third-order valence-corrected chi connectivity index (χ3v) is 3.99. The minimum Gasteiger partial charge on any atom is -0.396 e. The summed E-state index contributed by atoms with van der Waals surface area (Å²) in [6.07, 6.45) is 9.22. The van der Waals surface area contributed by atoms with Gasteiger partial charge in [0.1, 0.15) is 0 Å². The molecule has 2 aliphatic rings. The molecule has 2 unspecified atom stereocenters. The molecule has 0 bridgehead atoms. The van der Waals surface area contributed by atoms with Gasteiger partial charge in [-0.15, -0.1) is 0 Å². The van der Waals surface area contributed by atoms with Gasteiger partial charge in [0.15, 0.2) is 0 Å². The van der Waals surface area contributed by atoms with Crippen LogP contribution >= 0.6 is 0 Å². The molecular weight excluding hydrogens is 172 g/mol. The van der Waals surface area contributed by atoms with Gasteiger partial charge < -0.3 is 5.11 Å². The van der Waals surface area contributed by atoms with E-state index >= 15 is 0 Å². The number of unbranched alkanes of at least 4 members (excludes halogenated alkanes) is 1. The lowest BCUT2D eigenvalue weighted by atomic mass is 9.95. The van der Waals surface area contributed by atoms with Crippen molar-refractivity contribution >= 4 is 0 Å². The van der Waals surface area contributed by atoms with Gasteiger partial charge in [-0.2, -0.15) is 0 Å². The zero-order chi connectivity index (χ0) is 9.97. The van der Waals surface area contributed by atoms with Crippen LogP contribution in [-0.4, -0.2) is 11.7 Å². The number of fused-ring (bicyclic) bond motifs is 1. The van der Waals surface area contributed by atoms with Gasteiger partial charge in [0.05, 0.1) is 0 Å². The fourth-order valence-corrected chi connectivity index (χ4v) is 3.26. The Morgan fingerprint density at radius 2 is 2.29 bits per heavy atom. The third kappa shape index (κ3) is 1.75. The van der Waals surface area contributed by atoms with E-state index in [-0.39, 0.29) is 0 Å². The van der Waals surface area contributed by atoms with E-state index in [9.17, 15) is 5.11 Å². The molecule has 2 atom stereocenters. The molecule has 0 spiro atoms. The second kappa shape index (κ2) is 4.48. The summed E-state index contributed by atoms with van der Waals surface area (Å²) in [7, 11) is 0. The van der Waals surface area contributed by atoms with Gasteiger partial charge in [-0.05, 0) is 44.4 Å². The first-order chi connectivity index (χ1) is 6.86. The third-order valence-electron chi connectivity index (χ3n) is 3.99. The Hall–Kier alpha value is -0.300. The molecule has 2 rings (SSSR count). The average Bonchev–Trinajstić information content (AvgIpc) is 2.74. The van der Waals surface area contributed by atoms with Gasteiger partial charge in [-0.3, -0.25) is 0 Å². The standard InChI is InChI=1S/C13H22O/c1-2-3-6-13-11(9-14)8-10-5-4-7-12(10)13/h10-11,14H,2-9H2,1H3. The van der Waals surface area contributed by atoms with Crippen LogP contribution < -0.4 is 0 Å². The van der Waals surface area contributed by atoms with Crippen molar-refractivity contribution < 1.29 is 5.11 Å². The van der Waals surface area contributed by atoms with E-state index in [0.717, 1.165) is 5.92 Å². The highest BCUT2D eigenvalue weighted by molar-refractivity contribution is 5.28. The molecule has 80 valence electrons. The molecule has 1 heteroatoms. The van der Waals surface area contributed by atoms with Crippen molar-refractivity contribution in [3.8, 4) is 0 Å². The molecule has 1 nitrogen and oxygen atoms in total. The molecule has 0 aromatic heterocycles. The molecule has 2 aliphatic carbocycles. The summed E-state index contributed by atoms with van der Waals surface area (Å²) in [4.78, 5) is 0. The smallest absolute Gasteiger partial charge is 0.0496 e. The van der Waals surface area contributed by atoms with Gasteiger partial charge in [0, 0.05) is 12.5 Å². The quantitative estimate of drug-likeness (QED) is 0.681. The van der Waals surface area contributed by atoms with E-state index in [1.807, 2.05) is 0 Å². The Labute approximate surface area is 87.2 Å². The SMILES string of the molecule is CCCCC1=C2CCCC2CC1CO. The highest BCUT2D eigenvalue weighted by Crippen LogP contribution is 2.47. The predicted octanol–water partition coefficient (Wildman–Crippen LogP) is 3.29. The van der Waals surface area contributed by atoms with Crippen molar-refractivity contribution in [2.24, 2.45) is 11.8 Å². The molecule has 0 heterocycles. The van der Waals surface area contributed by atoms with Crippen LogP contribution in [0.1, 0.15) is 51.9 Å². The van der Waals surface area contributed by atoms with Crippen LogP contribution in [0.3, 0.4) is 0 Å². The molecule has 0 aromatic carbocycles. The van der Waals surface area contributed by atoms with Gasteiger partial charge in [-0.1, -0.05) is 24.5 Å². The summed E-state index contributed by atoms with van der Waals surface area (Å²) in [6.45, 7) is 2.64. The Morgan fingerprint density at radius 1 is 1.43 bits per heavy atom. The lowest BCUT2D eigenvalue weighted by Crippen LogP contribution is -2.06. The van der Waals surface area contributed by atoms with Crippen LogP contribution in [0.5, 0.6) is 0 Å². The van der Waals surface area contributed by atoms with E-state index in [2.05, 4.69) is 6.92 Å². The van der Waals surface area contributed by atoms with Crippen LogP contribution in [-0.2, 0) is 0 Å². The monoisotopic (exact) mass is 194 g/mol. The number of aliphatic hydroxyl groups excluding tert-OH is 1. The molecule has 0 amide bonds. The topological polar surface area (TPSA) is 20.2 Å². The van der Waals surface area contributed by atoms with Crippen molar-refractivity contribution in [2.45, 2.75) is 51.9 Å². The fourth-order valence-electron chi connectivity index (χ4n) is 3.26.